The van der Waals surface area contributed by atoms with Gasteiger partial charge in [-0.1, -0.05) is 6.92 Å². The monoisotopic (exact) mass is 218 g/mol. The molecule has 0 rings (SSSR count). The van der Waals surface area contributed by atoms with Crippen molar-refractivity contribution in [1.82, 2.24) is 10.6 Å². The van der Waals surface area contributed by atoms with E-state index in [-0.39, 0.29) is 12.6 Å². The average Bonchev–Trinajstić information content (AvgIpc) is 2.20. The van der Waals surface area contributed by atoms with Crippen LogP contribution in [-0.2, 0) is 9.53 Å². The Kier molecular flexibility index (Phi) is 7.35. The highest BCUT2D eigenvalue weighted by Gasteiger charge is 2.11. The van der Waals surface area contributed by atoms with Gasteiger partial charge in [0.05, 0.1) is 12.5 Å². The minimum Gasteiger partial charge on any atom is -0.481 e. The first-order chi connectivity index (χ1) is 7.07. The lowest BCUT2D eigenvalue weighted by molar-refractivity contribution is -0.140. The summed E-state index contributed by atoms with van der Waals surface area (Å²) in [5, 5.41) is 13.5. The van der Waals surface area contributed by atoms with Crippen LogP contribution < -0.4 is 10.6 Å². The van der Waals surface area contributed by atoms with Crippen molar-refractivity contribution in [1.29, 1.82) is 0 Å². The fourth-order valence-electron chi connectivity index (χ4n) is 0.777. The number of urea groups is 1. The SMILES string of the molecule is CCOCCNC(=O)NCC(C)C(=O)O. The second-order valence-electron chi connectivity index (χ2n) is 3.07. The molecule has 0 fully saturated rings. The first kappa shape index (κ1) is 13.7. The molecule has 1 unspecified atom stereocenters. The van der Waals surface area contributed by atoms with E-state index < -0.39 is 11.9 Å². The van der Waals surface area contributed by atoms with Crippen LogP contribution in [0.3, 0.4) is 0 Å². The van der Waals surface area contributed by atoms with Gasteiger partial charge in [0.1, 0.15) is 0 Å². The van der Waals surface area contributed by atoms with Gasteiger partial charge in [0.15, 0.2) is 0 Å². The molecule has 3 N–H and O–H groups in total. The third-order valence-corrected chi connectivity index (χ3v) is 1.73. The molecule has 0 saturated heterocycles. The van der Waals surface area contributed by atoms with Crippen LogP contribution in [0.4, 0.5) is 4.79 Å². The summed E-state index contributed by atoms with van der Waals surface area (Å²) in [7, 11) is 0. The summed E-state index contributed by atoms with van der Waals surface area (Å²) in [5.41, 5.74) is 0. The minimum atomic E-state index is -0.926. The van der Waals surface area contributed by atoms with Gasteiger partial charge in [0.25, 0.3) is 0 Å². The summed E-state index contributed by atoms with van der Waals surface area (Å²) in [6.45, 7) is 5.01. The molecule has 0 bridgehead atoms. The van der Waals surface area contributed by atoms with Crippen molar-refractivity contribution in [2.24, 2.45) is 5.92 Å². The number of aliphatic carboxylic acids is 1. The zero-order chi connectivity index (χ0) is 11.7. The highest BCUT2D eigenvalue weighted by Crippen LogP contribution is 1.90. The Hall–Kier alpha value is -1.30. The third-order valence-electron chi connectivity index (χ3n) is 1.73. The van der Waals surface area contributed by atoms with E-state index in [9.17, 15) is 9.59 Å². The lowest BCUT2D eigenvalue weighted by Crippen LogP contribution is -2.40. The Morgan fingerprint density at radius 3 is 2.60 bits per heavy atom. The third kappa shape index (κ3) is 7.75. The molecule has 1 atom stereocenters. The molecule has 15 heavy (non-hydrogen) atoms. The normalized spacial score (nSPS) is 11.9. The van der Waals surface area contributed by atoms with E-state index in [4.69, 9.17) is 9.84 Å². The number of hydrogen-bond acceptors (Lipinski definition) is 3. The van der Waals surface area contributed by atoms with E-state index in [0.717, 1.165) is 0 Å². The Labute approximate surface area is 89.0 Å². The molecule has 0 radical (unpaired) electrons. The predicted octanol–water partition coefficient (Wildman–Crippen LogP) is 0.0428. The van der Waals surface area contributed by atoms with E-state index in [1.807, 2.05) is 6.92 Å². The molecule has 88 valence electrons. The van der Waals surface area contributed by atoms with E-state index in [1.165, 1.54) is 6.92 Å². The van der Waals surface area contributed by atoms with Crippen LogP contribution in [0, 0.1) is 5.92 Å². The molecule has 0 aromatic carbocycles. The molecule has 0 aliphatic heterocycles. The van der Waals surface area contributed by atoms with Gasteiger partial charge in [-0.3, -0.25) is 4.79 Å². The molecular weight excluding hydrogens is 200 g/mol. The summed E-state index contributed by atoms with van der Waals surface area (Å²) >= 11 is 0. The van der Waals surface area contributed by atoms with Crippen LogP contribution in [0.1, 0.15) is 13.8 Å². The summed E-state index contributed by atoms with van der Waals surface area (Å²) in [4.78, 5) is 21.5. The van der Waals surface area contributed by atoms with Gasteiger partial charge in [0.2, 0.25) is 0 Å². The van der Waals surface area contributed by atoms with E-state index in [1.54, 1.807) is 0 Å². The lowest BCUT2D eigenvalue weighted by atomic mass is 10.2. The first-order valence-corrected chi connectivity index (χ1v) is 4.90. The molecule has 0 aliphatic rings. The van der Waals surface area contributed by atoms with E-state index in [2.05, 4.69) is 10.6 Å². The van der Waals surface area contributed by atoms with Gasteiger partial charge in [-0.15, -0.1) is 0 Å². The van der Waals surface area contributed by atoms with Crippen molar-refractivity contribution in [2.45, 2.75) is 13.8 Å². The Balaban J connectivity index is 3.45. The van der Waals surface area contributed by atoms with Crippen molar-refractivity contribution in [3.63, 3.8) is 0 Å². The summed E-state index contributed by atoms with van der Waals surface area (Å²) in [6, 6.07) is -0.372. The number of nitrogens with one attached hydrogen (secondary N) is 2. The average molecular weight is 218 g/mol. The lowest BCUT2D eigenvalue weighted by Gasteiger charge is -2.09. The molecule has 0 heterocycles. The van der Waals surface area contributed by atoms with Crippen molar-refractivity contribution >= 4 is 12.0 Å². The second-order valence-corrected chi connectivity index (χ2v) is 3.07. The van der Waals surface area contributed by atoms with E-state index >= 15 is 0 Å². The van der Waals surface area contributed by atoms with Crippen LogP contribution in [0.25, 0.3) is 0 Å². The van der Waals surface area contributed by atoms with Crippen molar-refractivity contribution in [3.8, 4) is 0 Å². The van der Waals surface area contributed by atoms with Gasteiger partial charge in [-0.05, 0) is 6.92 Å². The standard InChI is InChI=1S/C9H18N2O4/c1-3-15-5-4-10-9(14)11-6-7(2)8(12)13/h7H,3-6H2,1-2H3,(H,12,13)(H2,10,11,14). The number of carbonyl (C=O) groups is 2. The highest BCUT2D eigenvalue weighted by atomic mass is 16.5. The van der Waals surface area contributed by atoms with E-state index in [0.29, 0.717) is 19.8 Å². The molecule has 0 aliphatic carbocycles. The number of amides is 2. The fourth-order valence-corrected chi connectivity index (χ4v) is 0.777. The quantitative estimate of drug-likeness (QED) is 0.526. The summed E-state index contributed by atoms with van der Waals surface area (Å²) in [5.74, 6) is -1.51. The van der Waals surface area contributed by atoms with Crippen LogP contribution in [-0.4, -0.2) is 43.4 Å². The smallest absolute Gasteiger partial charge is 0.314 e. The zero-order valence-electron chi connectivity index (χ0n) is 9.08. The van der Waals surface area contributed by atoms with Crippen molar-refractivity contribution < 1.29 is 19.4 Å². The highest BCUT2D eigenvalue weighted by molar-refractivity contribution is 5.75. The Bertz CT molecular complexity index is 208. The number of hydrogen-bond donors (Lipinski definition) is 3. The van der Waals surface area contributed by atoms with Crippen molar-refractivity contribution in [3.05, 3.63) is 0 Å². The van der Waals surface area contributed by atoms with Gasteiger partial charge in [0, 0.05) is 19.7 Å². The largest absolute Gasteiger partial charge is 0.481 e. The number of ether oxygens (including phenoxy) is 1. The fraction of sp³-hybridized carbons (Fsp3) is 0.778. The Morgan fingerprint density at radius 1 is 1.40 bits per heavy atom. The maximum Gasteiger partial charge on any atom is 0.314 e. The molecule has 0 spiro atoms. The van der Waals surface area contributed by atoms with Crippen LogP contribution in [0.15, 0.2) is 0 Å². The number of rotatable bonds is 7. The van der Waals surface area contributed by atoms with Crippen molar-refractivity contribution in [2.75, 3.05) is 26.3 Å². The Morgan fingerprint density at radius 2 is 2.07 bits per heavy atom. The van der Waals surface area contributed by atoms with Gasteiger partial charge in [-0.25, -0.2) is 4.79 Å². The zero-order valence-corrected chi connectivity index (χ0v) is 9.08. The summed E-state index contributed by atoms with van der Waals surface area (Å²) in [6.07, 6.45) is 0. The maximum absolute atomic E-state index is 11.1. The predicted molar refractivity (Wildman–Crippen MR) is 54.7 cm³/mol. The molecule has 6 nitrogen and oxygen atoms in total. The second kappa shape index (κ2) is 8.05. The van der Waals surface area contributed by atoms with Crippen LogP contribution >= 0.6 is 0 Å². The van der Waals surface area contributed by atoms with Gasteiger partial charge >= 0.3 is 12.0 Å². The van der Waals surface area contributed by atoms with Crippen LogP contribution in [0.2, 0.25) is 0 Å². The first-order valence-electron chi connectivity index (χ1n) is 4.90. The molecule has 2 amide bonds. The van der Waals surface area contributed by atoms with Crippen LogP contribution in [0.5, 0.6) is 0 Å². The van der Waals surface area contributed by atoms with Gasteiger partial charge in [-0.2, -0.15) is 0 Å². The number of carbonyl (C=O) groups excluding carboxylic acids is 1. The number of carboxylic acids is 1. The van der Waals surface area contributed by atoms with Gasteiger partial charge < -0.3 is 20.5 Å². The molecule has 0 aromatic rings. The maximum atomic E-state index is 11.1. The molecular formula is C9H18N2O4. The number of carboxylic acid groups (broad SMARTS) is 1. The molecule has 6 heteroatoms. The molecule has 0 saturated carbocycles. The minimum absolute atomic E-state index is 0.121. The molecule has 0 aromatic heterocycles. The topological polar surface area (TPSA) is 87.7 Å². The summed E-state index contributed by atoms with van der Waals surface area (Å²) < 4.78 is 5.01.